The third-order valence-corrected chi connectivity index (χ3v) is 4.18. The van der Waals surface area contributed by atoms with Crippen LogP contribution in [0.2, 0.25) is 5.02 Å². The second-order valence-electron chi connectivity index (χ2n) is 4.94. The van der Waals surface area contributed by atoms with Crippen molar-refractivity contribution in [2.45, 2.75) is 31.7 Å². The van der Waals surface area contributed by atoms with Gasteiger partial charge in [0.15, 0.2) is 6.29 Å². The summed E-state index contributed by atoms with van der Waals surface area (Å²) in [5, 5.41) is 0.171. The first kappa shape index (κ1) is 14.8. The third-order valence-electron chi connectivity index (χ3n) is 3.85. The molecule has 2 rings (SSSR count). The van der Waals surface area contributed by atoms with Crippen LogP contribution in [0.25, 0.3) is 0 Å². The van der Waals surface area contributed by atoms with Crippen LogP contribution in [0.1, 0.15) is 42.1 Å². The summed E-state index contributed by atoms with van der Waals surface area (Å²) in [4.78, 5) is 34.5. The lowest BCUT2D eigenvalue weighted by molar-refractivity contribution is -0.146. The van der Waals surface area contributed by atoms with Gasteiger partial charge < -0.3 is 9.30 Å². The van der Waals surface area contributed by atoms with Gasteiger partial charge in [-0.15, -0.1) is 0 Å². The molecule has 0 aromatic carbocycles. The van der Waals surface area contributed by atoms with E-state index in [0.29, 0.717) is 32.0 Å². The Morgan fingerprint density at radius 2 is 2.05 bits per heavy atom. The Bertz CT molecular complexity index is 573. The average Bonchev–Trinajstić information content (AvgIpc) is 2.47. The number of esters is 1. The minimum atomic E-state index is -0.367. The number of halogens is 1. The van der Waals surface area contributed by atoms with Crippen molar-refractivity contribution < 1.29 is 14.3 Å². The zero-order chi connectivity index (χ0) is 14.7. The summed E-state index contributed by atoms with van der Waals surface area (Å²) in [6.45, 7) is 0. The number of methoxy groups -OCH3 is 1. The molecule has 0 bridgehead atoms. The van der Waals surface area contributed by atoms with Crippen LogP contribution in [-0.4, -0.2) is 23.9 Å². The second kappa shape index (κ2) is 6.22. The summed E-state index contributed by atoms with van der Waals surface area (Å²) < 4.78 is 6.28. The number of hydrogen-bond acceptors (Lipinski definition) is 4. The second-order valence-corrected chi connectivity index (χ2v) is 5.34. The zero-order valence-corrected chi connectivity index (χ0v) is 11.9. The van der Waals surface area contributed by atoms with Crippen molar-refractivity contribution in [1.29, 1.82) is 0 Å². The molecule has 0 N–H and O–H groups in total. The molecule has 1 heterocycles. The van der Waals surface area contributed by atoms with Crippen molar-refractivity contribution in [3.63, 3.8) is 0 Å². The van der Waals surface area contributed by atoms with Crippen molar-refractivity contribution >= 4 is 23.9 Å². The van der Waals surface area contributed by atoms with E-state index in [0.717, 1.165) is 0 Å². The van der Waals surface area contributed by atoms with Crippen LogP contribution < -0.4 is 5.56 Å². The van der Waals surface area contributed by atoms with E-state index in [1.165, 1.54) is 7.11 Å². The van der Waals surface area contributed by atoms with Crippen LogP contribution in [-0.2, 0) is 9.53 Å². The summed E-state index contributed by atoms with van der Waals surface area (Å²) in [7, 11) is 1.38. The molecular formula is C14H16ClNO4. The molecule has 1 fully saturated rings. The number of nitrogens with zero attached hydrogens (tertiary/aromatic N) is 1. The molecule has 108 valence electrons. The molecule has 0 radical (unpaired) electrons. The predicted octanol–water partition coefficient (Wildman–Crippen LogP) is 2.22. The number of ether oxygens (including phenoxy) is 1. The van der Waals surface area contributed by atoms with Gasteiger partial charge in [-0.05, 0) is 31.7 Å². The van der Waals surface area contributed by atoms with Crippen molar-refractivity contribution in [1.82, 2.24) is 4.57 Å². The fourth-order valence-electron chi connectivity index (χ4n) is 2.70. The van der Waals surface area contributed by atoms with Gasteiger partial charge in [-0.1, -0.05) is 11.6 Å². The lowest BCUT2D eigenvalue weighted by atomic mass is 9.86. The Morgan fingerprint density at radius 3 is 2.60 bits per heavy atom. The average molecular weight is 298 g/mol. The maximum Gasteiger partial charge on any atom is 0.308 e. The summed E-state index contributed by atoms with van der Waals surface area (Å²) in [5.41, 5.74) is -0.377. The maximum atomic E-state index is 12.1. The number of aromatic nitrogens is 1. The lowest BCUT2D eigenvalue weighted by Crippen LogP contribution is -2.31. The van der Waals surface area contributed by atoms with Crippen molar-refractivity contribution in [3.8, 4) is 0 Å². The summed E-state index contributed by atoms with van der Waals surface area (Å²) in [6.07, 6.45) is 4.88. The van der Waals surface area contributed by atoms with Crippen LogP contribution >= 0.6 is 11.6 Å². The molecule has 1 aromatic rings. The zero-order valence-electron chi connectivity index (χ0n) is 11.2. The molecule has 0 atom stereocenters. The number of rotatable bonds is 3. The highest BCUT2D eigenvalue weighted by atomic mass is 35.5. The number of hydrogen-bond donors (Lipinski definition) is 0. The number of pyridine rings is 1. The van der Waals surface area contributed by atoms with Crippen molar-refractivity contribution in [3.05, 3.63) is 33.2 Å². The van der Waals surface area contributed by atoms with Gasteiger partial charge in [-0.2, -0.15) is 0 Å². The van der Waals surface area contributed by atoms with Crippen LogP contribution in [0, 0.1) is 5.92 Å². The highest BCUT2D eigenvalue weighted by Crippen LogP contribution is 2.32. The van der Waals surface area contributed by atoms with Crippen molar-refractivity contribution in [2.75, 3.05) is 7.11 Å². The normalized spacial score (nSPS) is 22.3. The van der Waals surface area contributed by atoms with Crippen LogP contribution in [0.3, 0.4) is 0 Å². The fourth-order valence-corrected chi connectivity index (χ4v) is 2.88. The van der Waals surface area contributed by atoms with E-state index in [2.05, 4.69) is 0 Å². The van der Waals surface area contributed by atoms with E-state index in [1.807, 2.05) is 0 Å². The van der Waals surface area contributed by atoms with Crippen LogP contribution in [0.15, 0.2) is 17.1 Å². The minimum absolute atomic E-state index is 0.000581. The summed E-state index contributed by atoms with van der Waals surface area (Å²) in [5.74, 6) is -0.287. The van der Waals surface area contributed by atoms with E-state index in [4.69, 9.17) is 16.3 Å². The van der Waals surface area contributed by atoms with Gasteiger partial charge in [0.1, 0.15) is 0 Å². The van der Waals surface area contributed by atoms with E-state index in [1.54, 1.807) is 16.8 Å². The standard InChI is InChI=1S/C14H16ClNO4/c1-20-14(19)9-2-4-10(5-3-9)16-7-6-12(15)11(8-17)13(16)18/h6-10H,2-5H2,1H3. The van der Waals surface area contributed by atoms with E-state index >= 15 is 0 Å². The van der Waals surface area contributed by atoms with E-state index in [9.17, 15) is 14.4 Å². The molecule has 0 amide bonds. The first-order valence-electron chi connectivity index (χ1n) is 6.52. The van der Waals surface area contributed by atoms with Crippen LogP contribution in [0.5, 0.6) is 0 Å². The fraction of sp³-hybridized carbons (Fsp3) is 0.500. The number of aldehydes is 1. The lowest BCUT2D eigenvalue weighted by Gasteiger charge is -2.28. The molecule has 1 saturated carbocycles. The summed E-state index contributed by atoms with van der Waals surface area (Å²) in [6, 6.07) is 1.55. The molecule has 0 spiro atoms. The quantitative estimate of drug-likeness (QED) is 0.634. The number of carbonyl (C=O) groups is 2. The molecule has 1 aliphatic rings. The van der Waals surface area contributed by atoms with Gasteiger partial charge in [0, 0.05) is 12.2 Å². The van der Waals surface area contributed by atoms with Crippen LogP contribution in [0.4, 0.5) is 0 Å². The monoisotopic (exact) mass is 297 g/mol. The Balaban J connectivity index is 2.17. The molecule has 6 heteroatoms. The molecule has 0 unspecified atom stereocenters. The minimum Gasteiger partial charge on any atom is -0.469 e. The first-order chi connectivity index (χ1) is 9.58. The van der Waals surface area contributed by atoms with Gasteiger partial charge >= 0.3 is 5.97 Å². The van der Waals surface area contributed by atoms with Gasteiger partial charge in [0.25, 0.3) is 5.56 Å². The maximum absolute atomic E-state index is 12.1. The first-order valence-corrected chi connectivity index (χ1v) is 6.90. The summed E-state index contributed by atoms with van der Waals surface area (Å²) >= 11 is 5.82. The van der Waals surface area contributed by atoms with E-state index < -0.39 is 0 Å². The highest BCUT2D eigenvalue weighted by molar-refractivity contribution is 6.32. The van der Waals surface area contributed by atoms with Gasteiger partial charge in [0.05, 0.1) is 23.6 Å². The Morgan fingerprint density at radius 1 is 1.40 bits per heavy atom. The number of carbonyl (C=O) groups excluding carboxylic acids is 2. The molecule has 0 saturated heterocycles. The largest absolute Gasteiger partial charge is 0.469 e. The topological polar surface area (TPSA) is 65.4 Å². The van der Waals surface area contributed by atoms with Gasteiger partial charge in [-0.3, -0.25) is 14.4 Å². The van der Waals surface area contributed by atoms with E-state index in [-0.39, 0.29) is 34.1 Å². The molecular weight excluding hydrogens is 282 g/mol. The predicted molar refractivity (Wildman–Crippen MR) is 74.1 cm³/mol. The molecule has 20 heavy (non-hydrogen) atoms. The molecule has 1 aromatic heterocycles. The Labute approximate surface area is 121 Å². The highest BCUT2D eigenvalue weighted by Gasteiger charge is 2.28. The Kier molecular flexibility index (Phi) is 4.60. The van der Waals surface area contributed by atoms with Gasteiger partial charge in [0.2, 0.25) is 0 Å². The molecule has 1 aliphatic carbocycles. The molecule has 5 nitrogen and oxygen atoms in total. The third kappa shape index (κ3) is 2.77. The Hall–Kier alpha value is -1.62. The van der Waals surface area contributed by atoms with Crippen molar-refractivity contribution in [2.24, 2.45) is 5.92 Å². The molecule has 0 aliphatic heterocycles. The smallest absolute Gasteiger partial charge is 0.308 e. The SMILES string of the molecule is COC(=O)C1CCC(n2ccc(Cl)c(C=O)c2=O)CC1. The van der Waals surface area contributed by atoms with Gasteiger partial charge in [-0.25, -0.2) is 0 Å².